The predicted octanol–water partition coefficient (Wildman–Crippen LogP) is 3.42. The lowest BCUT2D eigenvalue weighted by Crippen LogP contribution is -2.02. The third-order valence-electron chi connectivity index (χ3n) is 2.12. The Balaban J connectivity index is 2.28. The number of aromatic nitrogens is 3. The van der Waals surface area contributed by atoms with E-state index in [1.807, 2.05) is 18.5 Å². The van der Waals surface area contributed by atoms with Crippen molar-refractivity contribution < 1.29 is 0 Å². The van der Waals surface area contributed by atoms with Crippen molar-refractivity contribution in [2.24, 2.45) is 0 Å². The molecule has 0 saturated heterocycles. The summed E-state index contributed by atoms with van der Waals surface area (Å²) in [4.78, 5) is 5.11. The van der Waals surface area contributed by atoms with Crippen LogP contribution in [0, 0.1) is 13.8 Å². The minimum absolute atomic E-state index is 0.575. The fourth-order valence-corrected chi connectivity index (χ4v) is 2.58. The van der Waals surface area contributed by atoms with E-state index in [0.29, 0.717) is 4.47 Å². The molecule has 0 amide bonds. The third kappa shape index (κ3) is 2.24. The quantitative estimate of drug-likeness (QED) is 0.851. The Bertz CT molecular complexity index is 492. The normalized spacial score (nSPS) is 10.9. The monoisotopic (exact) mass is 305 g/mol. The first kappa shape index (κ1) is 11.1. The maximum atomic E-state index is 5.77. The van der Waals surface area contributed by atoms with Gasteiger partial charge in [0.25, 0.3) is 0 Å². The molecule has 0 N–H and O–H groups in total. The molecule has 2 heterocycles. The molecule has 0 aromatic carbocycles. The number of aryl methyl sites for hydroxylation is 1. The van der Waals surface area contributed by atoms with E-state index in [9.17, 15) is 0 Å². The zero-order valence-corrected chi connectivity index (χ0v) is 11.4. The molecular formula is C9H9BrClN3S. The molecule has 15 heavy (non-hydrogen) atoms. The van der Waals surface area contributed by atoms with Crippen molar-refractivity contribution in [3.63, 3.8) is 0 Å². The standard InChI is InChI=1S/C9H9BrClN3S/c1-5-8(10)6(2)14(13-5)4-7-3-12-9(11)15-7/h3H,4H2,1-2H3. The molecule has 0 aliphatic rings. The molecule has 2 aromatic heterocycles. The van der Waals surface area contributed by atoms with Gasteiger partial charge in [-0.25, -0.2) is 4.98 Å². The summed E-state index contributed by atoms with van der Waals surface area (Å²) < 4.78 is 3.59. The van der Waals surface area contributed by atoms with E-state index in [0.717, 1.165) is 27.3 Å². The highest BCUT2D eigenvalue weighted by Gasteiger charge is 2.09. The Kier molecular flexibility index (Phi) is 3.13. The van der Waals surface area contributed by atoms with Gasteiger partial charge in [-0.3, -0.25) is 4.68 Å². The molecule has 0 unspecified atom stereocenters. The lowest BCUT2D eigenvalue weighted by Gasteiger charge is -2.00. The van der Waals surface area contributed by atoms with Crippen LogP contribution in [-0.4, -0.2) is 14.8 Å². The van der Waals surface area contributed by atoms with E-state index in [1.54, 1.807) is 6.20 Å². The molecule has 2 aromatic rings. The van der Waals surface area contributed by atoms with Gasteiger partial charge in [0.05, 0.1) is 22.4 Å². The highest BCUT2D eigenvalue weighted by Crippen LogP contribution is 2.23. The largest absolute Gasteiger partial charge is 0.263 e. The summed E-state index contributed by atoms with van der Waals surface area (Å²) in [6.07, 6.45) is 1.79. The van der Waals surface area contributed by atoms with Gasteiger partial charge in [-0.2, -0.15) is 5.10 Å². The molecular weight excluding hydrogens is 298 g/mol. The van der Waals surface area contributed by atoms with Gasteiger partial charge in [0.1, 0.15) is 0 Å². The van der Waals surface area contributed by atoms with Gasteiger partial charge < -0.3 is 0 Å². The summed E-state index contributed by atoms with van der Waals surface area (Å²) in [6.45, 7) is 4.74. The van der Waals surface area contributed by atoms with Crippen molar-refractivity contribution in [2.75, 3.05) is 0 Å². The van der Waals surface area contributed by atoms with Gasteiger partial charge in [0, 0.05) is 11.1 Å². The molecule has 0 aliphatic heterocycles. The first-order valence-electron chi connectivity index (χ1n) is 4.37. The van der Waals surface area contributed by atoms with Crippen molar-refractivity contribution in [2.45, 2.75) is 20.4 Å². The van der Waals surface area contributed by atoms with Crippen LogP contribution < -0.4 is 0 Å². The number of thiazole rings is 1. The van der Waals surface area contributed by atoms with E-state index >= 15 is 0 Å². The van der Waals surface area contributed by atoms with Gasteiger partial charge in [0.2, 0.25) is 0 Å². The summed E-state index contributed by atoms with van der Waals surface area (Å²) in [6, 6.07) is 0. The Hall–Kier alpha value is -0.390. The van der Waals surface area contributed by atoms with Crippen LogP contribution in [0.15, 0.2) is 10.7 Å². The lowest BCUT2D eigenvalue weighted by molar-refractivity contribution is 0.665. The van der Waals surface area contributed by atoms with Gasteiger partial charge in [0.15, 0.2) is 4.47 Å². The van der Waals surface area contributed by atoms with E-state index in [4.69, 9.17) is 11.6 Å². The maximum absolute atomic E-state index is 5.77. The zero-order valence-electron chi connectivity index (χ0n) is 8.29. The number of nitrogens with zero attached hydrogens (tertiary/aromatic N) is 3. The van der Waals surface area contributed by atoms with Crippen LogP contribution in [0.1, 0.15) is 16.3 Å². The van der Waals surface area contributed by atoms with Crippen LogP contribution in [0.4, 0.5) is 0 Å². The van der Waals surface area contributed by atoms with Crippen LogP contribution in [-0.2, 0) is 6.54 Å². The van der Waals surface area contributed by atoms with E-state index < -0.39 is 0 Å². The number of hydrogen-bond donors (Lipinski definition) is 0. The minimum Gasteiger partial charge on any atom is -0.263 e. The molecule has 3 nitrogen and oxygen atoms in total. The van der Waals surface area contributed by atoms with Crippen molar-refractivity contribution in [1.82, 2.24) is 14.8 Å². The van der Waals surface area contributed by atoms with Crippen LogP contribution in [0.5, 0.6) is 0 Å². The molecule has 0 bridgehead atoms. The summed E-state index contributed by atoms with van der Waals surface area (Å²) in [5.41, 5.74) is 2.13. The van der Waals surface area contributed by atoms with Crippen molar-refractivity contribution in [3.8, 4) is 0 Å². The Morgan fingerprint density at radius 3 is 2.73 bits per heavy atom. The SMILES string of the molecule is Cc1nn(Cc2cnc(Cl)s2)c(C)c1Br. The first-order valence-corrected chi connectivity index (χ1v) is 6.36. The Morgan fingerprint density at radius 2 is 2.27 bits per heavy atom. The average Bonchev–Trinajstić information content (AvgIpc) is 2.68. The fourth-order valence-electron chi connectivity index (χ4n) is 1.33. The maximum Gasteiger partial charge on any atom is 0.183 e. The topological polar surface area (TPSA) is 30.7 Å². The lowest BCUT2D eigenvalue weighted by atomic mass is 10.4. The summed E-state index contributed by atoms with van der Waals surface area (Å²) in [5, 5.41) is 4.42. The molecule has 0 radical (unpaired) electrons. The zero-order chi connectivity index (χ0) is 11.0. The second-order valence-corrected chi connectivity index (χ2v) is 5.71. The van der Waals surface area contributed by atoms with Gasteiger partial charge in [-0.05, 0) is 29.8 Å². The average molecular weight is 307 g/mol. The van der Waals surface area contributed by atoms with Crippen molar-refractivity contribution in [3.05, 3.63) is 31.4 Å². The smallest absolute Gasteiger partial charge is 0.183 e. The highest BCUT2D eigenvalue weighted by atomic mass is 79.9. The van der Waals surface area contributed by atoms with E-state index in [-0.39, 0.29) is 0 Å². The van der Waals surface area contributed by atoms with Crippen molar-refractivity contribution >= 4 is 38.9 Å². The number of hydrogen-bond acceptors (Lipinski definition) is 3. The molecule has 0 saturated carbocycles. The van der Waals surface area contributed by atoms with Gasteiger partial charge in [-0.1, -0.05) is 11.6 Å². The fraction of sp³-hybridized carbons (Fsp3) is 0.333. The van der Waals surface area contributed by atoms with Gasteiger partial charge in [-0.15, -0.1) is 11.3 Å². The minimum atomic E-state index is 0.575. The van der Waals surface area contributed by atoms with Crippen LogP contribution in [0.25, 0.3) is 0 Å². The van der Waals surface area contributed by atoms with Gasteiger partial charge >= 0.3 is 0 Å². The molecule has 80 valence electrons. The second kappa shape index (κ2) is 4.23. The Labute approximate surface area is 105 Å². The van der Waals surface area contributed by atoms with E-state index in [1.165, 1.54) is 11.3 Å². The number of halogens is 2. The Morgan fingerprint density at radius 1 is 1.53 bits per heavy atom. The molecule has 0 aliphatic carbocycles. The first-order chi connectivity index (χ1) is 7.08. The van der Waals surface area contributed by atoms with Crippen LogP contribution in [0.2, 0.25) is 4.47 Å². The molecule has 0 spiro atoms. The predicted molar refractivity (Wildman–Crippen MR) is 65.6 cm³/mol. The van der Waals surface area contributed by atoms with Crippen LogP contribution >= 0.6 is 38.9 Å². The summed E-state index contributed by atoms with van der Waals surface area (Å²) in [5.74, 6) is 0. The molecule has 0 atom stereocenters. The summed E-state index contributed by atoms with van der Waals surface area (Å²) in [7, 11) is 0. The highest BCUT2D eigenvalue weighted by molar-refractivity contribution is 9.10. The third-order valence-corrected chi connectivity index (χ3v) is 4.37. The van der Waals surface area contributed by atoms with Crippen molar-refractivity contribution in [1.29, 1.82) is 0 Å². The summed E-state index contributed by atoms with van der Waals surface area (Å²) >= 11 is 10.8. The number of rotatable bonds is 2. The molecule has 0 fully saturated rings. The molecule has 6 heteroatoms. The van der Waals surface area contributed by atoms with E-state index in [2.05, 4.69) is 26.0 Å². The second-order valence-electron chi connectivity index (χ2n) is 3.22. The molecule has 2 rings (SSSR count). The van der Waals surface area contributed by atoms with Crippen LogP contribution in [0.3, 0.4) is 0 Å².